The van der Waals surface area contributed by atoms with Crippen LogP contribution in [0.2, 0.25) is 0 Å². The summed E-state index contributed by atoms with van der Waals surface area (Å²) < 4.78 is 0. The molecule has 2 aromatic rings. The summed E-state index contributed by atoms with van der Waals surface area (Å²) in [7, 11) is 3.05. The summed E-state index contributed by atoms with van der Waals surface area (Å²) in [5.74, 6) is -1.04. The lowest BCUT2D eigenvalue weighted by atomic mass is 10.1. The van der Waals surface area contributed by atoms with Gasteiger partial charge >= 0.3 is 6.03 Å². The number of carbonyl (C=O) groups is 3. The molecule has 4 amide bonds. The van der Waals surface area contributed by atoms with Gasteiger partial charge in [0.25, 0.3) is 17.5 Å². The predicted molar refractivity (Wildman–Crippen MR) is 104 cm³/mol. The van der Waals surface area contributed by atoms with Gasteiger partial charge in [0.05, 0.1) is 10.5 Å². The third-order valence-corrected chi connectivity index (χ3v) is 5.55. The summed E-state index contributed by atoms with van der Waals surface area (Å²) >= 11 is 1.32. The maximum Gasteiger partial charge on any atom is 0.323 e. The second kappa shape index (κ2) is 7.77. The third kappa shape index (κ3) is 3.86. The normalized spacial score (nSPS) is 12.2. The standard InChI is InChI=1S/C18H18N4O5S/c1-21(2)18(25)20-16(24)14-12-4-3-5-13(12)28-17(14)19-15(23)10-6-8-11(9-7-10)22(26)27/h6-9H,3-5H2,1-2H3,(H,19,23)(H,20,24,25). The van der Waals surface area contributed by atoms with Crippen LogP contribution in [0.15, 0.2) is 24.3 Å². The number of rotatable bonds is 4. The molecule has 146 valence electrons. The number of hydrogen-bond acceptors (Lipinski definition) is 6. The lowest BCUT2D eigenvalue weighted by Crippen LogP contribution is -2.39. The fourth-order valence-corrected chi connectivity index (χ4v) is 4.20. The van der Waals surface area contributed by atoms with Crippen LogP contribution in [0.4, 0.5) is 15.5 Å². The average molecular weight is 402 g/mol. The molecule has 0 atom stereocenters. The maximum absolute atomic E-state index is 12.7. The molecule has 0 bridgehead atoms. The lowest BCUT2D eigenvalue weighted by Gasteiger charge is -2.12. The van der Waals surface area contributed by atoms with E-state index in [2.05, 4.69) is 10.6 Å². The number of imide groups is 1. The van der Waals surface area contributed by atoms with E-state index in [1.807, 2.05) is 0 Å². The zero-order valence-corrected chi connectivity index (χ0v) is 16.1. The van der Waals surface area contributed by atoms with Gasteiger partial charge < -0.3 is 10.2 Å². The Balaban J connectivity index is 1.85. The second-order valence-electron chi connectivity index (χ2n) is 6.47. The minimum Gasteiger partial charge on any atom is -0.331 e. The van der Waals surface area contributed by atoms with E-state index in [1.165, 1.54) is 54.6 Å². The van der Waals surface area contributed by atoms with Crippen molar-refractivity contribution in [3.8, 4) is 0 Å². The van der Waals surface area contributed by atoms with Gasteiger partial charge in [-0.3, -0.25) is 25.0 Å². The highest BCUT2D eigenvalue weighted by molar-refractivity contribution is 7.17. The quantitative estimate of drug-likeness (QED) is 0.601. The van der Waals surface area contributed by atoms with Gasteiger partial charge in [0.1, 0.15) is 5.00 Å². The number of amides is 4. The summed E-state index contributed by atoms with van der Waals surface area (Å²) in [4.78, 5) is 49.5. The Morgan fingerprint density at radius 3 is 2.39 bits per heavy atom. The van der Waals surface area contributed by atoms with Gasteiger partial charge in [-0.2, -0.15) is 0 Å². The van der Waals surface area contributed by atoms with Crippen molar-refractivity contribution in [3.63, 3.8) is 0 Å². The number of nitro groups is 1. The zero-order valence-electron chi connectivity index (χ0n) is 15.3. The number of benzene rings is 1. The number of carbonyl (C=O) groups excluding carboxylic acids is 3. The van der Waals surface area contributed by atoms with E-state index < -0.39 is 22.8 Å². The van der Waals surface area contributed by atoms with Crippen LogP contribution in [0, 0.1) is 10.1 Å². The number of fused-ring (bicyclic) bond motifs is 1. The van der Waals surface area contributed by atoms with Crippen molar-refractivity contribution >= 4 is 39.9 Å². The van der Waals surface area contributed by atoms with Crippen LogP contribution in [0.5, 0.6) is 0 Å². The molecule has 1 aromatic carbocycles. The SMILES string of the molecule is CN(C)C(=O)NC(=O)c1c(NC(=O)c2ccc([N+](=O)[O-])cc2)sc2c1CCC2. The summed E-state index contributed by atoms with van der Waals surface area (Å²) in [6.07, 6.45) is 2.44. The van der Waals surface area contributed by atoms with E-state index in [1.54, 1.807) is 0 Å². The first-order valence-electron chi connectivity index (χ1n) is 8.51. The monoisotopic (exact) mass is 402 g/mol. The Labute approximate surface area is 164 Å². The molecule has 0 radical (unpaired) electrons. The molecule has 0 aliphatic heterocycles. The maximum atomic E-state index is 12.7. The number of non-ortho nitro benzene ring substituents is 1. The topological polar surface area (TPSA) is 122 Å². The molecule has 1 aliphatic rings. The van der Waals surface area contributed by atoms with E-state index in [0.717, 1.165) is 23.3 Å². The second-order valence-corrected chi connectivity index (χ2v) is 7.58. The van der Waals surface area contributed by atoms with E-state index in [4.69, 9.17) is 0 Å². The first-order chi connectivity index (χ1) is 13.3. The summed E-state index contributed by atoms with van der Waals surface area (Å²) in [5, 5.41) is 16.1. The highest BCUT2D eigenvalue weighted by atomic mass is 32.1. The van der Waals surface area contributed by atoms with E-state index in [-0.39, 0.29) is 11.3 Å². The summed E-state index contributed by atoms with van der Waals surface area (Å²) in [6, 6.07) is 4.64. The van der Waals surface area contributed by atoms with E-state index in [0.29, 0.717) is 17.0 Å². The van der Waals surface area contributed by atoms with Crippen molar-refractivity contribution in [2.24, 2.45) is 0 Å². The van der Waals surface area contributed by atoms with Crippen LogP contribution < -0.4 is 10.6 Å². The highest BCUT2D eigenvalue weighted by Gasteiger charge is 2.28. The van der Waals surface area contributed by atoms with Gasteiger partial charge in [0, 0.05) is 36.7 Å². The van der Waals surface area contributed by atoms with Crippen LogP contribution >= 0.6 is 11.3 Å². The Bertz CT molecular complexity index is 965. The number of hydrogen-bond donors (Lipinski definition) is 2. The van der Waals surface area contributed by atoms with Crippen molar-refractivity contribution in [2.45, 2.75) is 19.3 Å². The van der Waals surface area contributed by atoms with Gasteiger partial charge in [-0.1, -0.05) is 0 Å². The molecule has 0 unspecified atom stereocenters. The number of aryl methyl sites for hydroxylation is 1. The number of nitrogens with zero attached hydrogens (tertiary/aromatic N) is 2. The van der Waals surface area contributed by atoms with E-state index in [9.17, 15) is 24.5 Å². The molecule has 10 heteroatoms. The van der Waals surface area contributed by atoms with Crippen molar-refractivity contribution in [1.29, 1.82) is 0 Å². The number of urea groups is 1. The summed E-state index contributed by atoms with van der Waals surface area (Å²) in [5.41, 5.74) is 1.28. The van der Waals surface area contributed by atoms with Crippen LogP contribution in [0.3, 0.4) is 0 Å². The number of thiophene rings is 1. The van der Waals surface area contributed by atoms with Gasteiger partial charge in [0.2, 0.25) is 0 Å². The van der Waals surface area contributed by atoms with Crippen LogP contribution in [-0.4, -0.2) is 41.8 Å². The molecular formula is C18H18N4O5S. The summed E-state index contributed by atoms with van der Waals surface area (Å²) in [6.45, 7) is 0. The Hall–Kier alpha value is -3.27. The fraction of sp³-hybridized carbons (Fsp3) is 0.278. The van der Waals surface area contributed by atoms with E-state index >= 15 is 0 Å². The van der Waals surface area contributed by atoms with Gasteiger partial charge in [0.15, 0.2) is 0 Å². The molecule has 9 nitrogen and oxygen atoms in total. The minimum atomic E-state index is -0.558. The van der Waals surface area contributed by atoms with Crippen molar-refractivity contribution in [3.05, 3.63) is 55.9 Å². The molecule has 2 N–H and O–H groups in total. The Morgan fingerprint density at radius 2 is 1.79 bits per heavy atom. The molecule has 0 saturated heterocycles. The molecule has 0 fully saturated rings. The minimum absolute atomic E-state index is 0.117. The van der Waals surface area contributed by atoms with Crippen molar-refractivity contribution < 1.29 is 19.3 Å². The largest absolute Gasteiger partial charge is 0.331 e. The molecule has 1 aliphatic carbocycles. The number of anilines is 1. The first kappa shape index (κ1) is 19.5. The number of nitro benzene ring substituents is 1. The molecule has 28 heavy (non-hydrogen) atoms. The number of nitrogens with one attached hydrogen (secondary N) is 2. The highest BCUT2D eigenvalue weighted by Crippen LogP contribution is 2.39. The van der Waals surface area contributed by atoms with Crippen LogP contribution in [0.25, 0.3) is 0 Å². The van der Waals surface area contributed by atoms with Gasteiger partial charge in [-0.25, -0.2) is 4.79 Å². The average Bonchev–Trinajstić information content (AvgIpc) is 3.22. The predicted octanol–water partition coefficient (Wildman–Crippen LogP) is 2.81. The Morgan fingerprint density at radius 1 is 1.11 bits per heavy atom. The van der Waals surface area contributed by atoms with Gasteiger partial charge in [-0.15, -0.1) is 11.3 Å². The van der Waals surface area contributed by atoms with Crippen LogP contribution in [-0.2, 0) is 12.8 Å². The lowest BCUT2D eigenvalue weighted by molar-refractivity contribution is -0.384. The molecule has 1 heterocycles. The molecule has 0 saturated carbocycles. The fourth-order valence-electron chi connectivity index (χ4n) is 2.91. The zero-order chi connectivity index (χ0) is 20.4. The molecule has 0 spiro atoms. The molecular weight excluding hydrogens is 384 g/mol. The third-order valence-electron chi connectivity index (χ3n) is 4.34. The van der Waals surface area contributed by atoms with Crippen LogP contribution in [0.1, 0.15) is 37.6 Å². The molecule has 3 rings (SSSR count). The van der Waals surface area contributed by atoms with Gasteiger partial charge in [-0.05, 0) is 37.0 Å². The molecule has 1 aromatic heterocycles. The first-order valence-corrected chi connectivity index (χ1v) is 9.32. The Kier molecular flexibility index (Phi) is 5.41. The smallest absolute Gasteiger partial charge is 0.323 e. The van der Waals surface area contributed by atoms with Crippen molar-refractivity contribution in [2.75, 3.05) is 19.4 Å². The van der Waals surface area contributed by atoms with Crippen molar-refractivity contribution in [1.82, 2.24) is 10.2 Å².